The van der Waals surface area contributed by atoms with Gasteiger partial charge in [0, 0.05) is 42.6 Å². The Kier molecular flexibility index (Phi) is 5.68. The third kappa shape index (κ3) is 4.56. The summed E-state index contributed by atoms with van der Waals surface area (Å²) >= 11 is 7.93. The molecule has 0 saturated carbocycles. The normalized spacial score (nSPS) is 18.1. The molecule has 0 spiro atoms. The summed E-state index contributed by atoms with van der Waals surface area (Å²) in [6.07, 6.45) is 4.97. The third-order valence-corrected chi connectivity index (χ3v) is 7.25. The van der Waals surface area contributed by atoms with Crippen molar-refractivity contribution >= 4 is 22.9 Å². The molecule has 7 heteroatoms. The molecule has 0 unspecified atom stereocenters. The minimum absolute atomic E-state index is 0.680. The molecule has 0 amide bonds. The van der Waals surface area contributed by atoms with E-state index in [9.17, 15) is 0 Å². The fraction of sp³-hybridized carbons (Fsp3) is 0.455. The van der Waals surface area contributed by atoms with Crippen LogP contribution in [0.1, 0.15) is 34.7 Å². The Morgan fingerprint density at radius 1 is 0.966 bits per heavy atom. The molecule has 29 heavy (non-hydrogen) atoms. The van der Waals surface area contributed by atoms with E-state index < -0.39 is 0 Å². The fourth-order valence-corrected chi connectivity index (χ4v) is 5.59. The average Bonchev–Trinajstić information content (AvgIpc) is 3.36. The molecule has 0 N–H and O–H groups in total. The maximum Gasteiger partial charge on any atom is 0.257 e. The largest absolute Gasteiger partial charge is 0.419 e. The van der Waals surface area contributed by atoms with Gasteiger partial charge in [-0.1, -0.05) is 23.7 Å². The van der Waals surface area contributed by atoms with Crippen LogP contribution in [0, 0.1) is 0 Å². The number of aryl methyl sites for hydroxylation is 2. The molecular weight excluding hydrogens is 404 g/mol. The van der Waals surface area contributed by atoms with Crippen LogP contribution in [0.5, 0.6) is 0 Å². The Balaban J connectivity index is 1.16. The highest BCUT2D eigenvalue weighted by molar-refractivity contribution is 7.15. The highest BCUT2D eigenvalue weighted by atomic mass is 35.5. The van der Waals surface area contributed by atoms with Crippen molar-refractivity contribution in [3.8, 4) is 10.8 Å². The van der Waals surface area contributed by atoms with Gasteiger partial charge in [-0.25, -0.2) is 0 Å². The topological polar surface area (TPSA) is 45.4 Å². The summed E-state index contributed by atoms with van der Waals surface area (Å²) in [4.78, 5) is 7.49. The van der Waals surface area contributed by atoms with Crippen molar-refractivity contribution in [2.75, 3.05) is 26.2 Å². The summed E-state index contributed by atoms with van der Waals surface area (Å²) < 4.78 is 6.00. The van der Waals surface area contributed by atoms with Gasteiger partial charge in [0.2, 0.25) is 5.89 Å². The highest BCUT2D eigenvalue weighted by Crippen LogP contribution is 2.35. The predicted molar refractivity (Wildman–Crippen MR) is 116 cm³/mol. The van der Waals surface area contributed by atoms with E-state index in [4.69, 9.17) is 16.0 Å². The number of hydrogen-bond donors (Lipinski definition) is 0. The van der Waals surface area contributed by atoms with Gasteiger partial charge in [0.1, 0.15) is 0 Å². The van der Waals surface area contributed by atoms with E-state index in [0.29, 0.717) is 5.89 Å². The first-order valence-electron chi connectivity index (χ1n) is 10.4. The summed E-state index contributed by atoms with van der Waals surface area (Å²) in [7, 11) is 0. The molecule has 3 heterocycles. The lowest BCUT2D eigenvalue weighted by atomic mass is 9.99. The lowest BCUT2D eigenvalue weighted by Crippen LogP contribution is -2.45. The van der Waals surface area contributed by atoms with E-state index in [-0.39, 0.29) is 0 Å². The van der Waals surface area contributed by atoms with Crippen LogP contribution >= 0.6 is 22.9 Å². The van der Waals surface area contributed by atoms with Crippen molar-refractivity contribution in [1.82, 2.24) is 20.0 Å². The minimum Gasteiger partial charge on any atom is -0.419 e. The molecule has 0 bridgehead atoms. The summed E-state index contributed by atoms with van der Waals surface area (Å²) in [5.74, 6) is 1.40. The first-order valence-corrected chi connectivity index (χ1v) is 11.6. The van der Waals surface area contributed by atoms with Gasteiger partial charge >= 0.3 is 0 Å². The highest BCUT2D eigenvalue weighted by Gasteiger charge is 2.21. The van der Waals surface area contributed by atoms with Gasteiger partial charge < -0.3 is 4.42 Å². The zero-order valence-electron chi connectivity index (χ0n) is 16.4. The molecule has 1 saturated heterocycles. The van der Waals surface area contributed by atoms with Gasteiger partial charge in [-0.05, 0) is 55.0 Å². The molecule has 3 aromatic rings. The predicted octanol–water partition coefficient (Wildman–Crippen LogP) is 4.65. The zero-order valence-corrected chi connectivity index (χ0v) is 18.0. The van der Waals surface area contributed by atoms with Crippen LogP contribution in [0.3, 0.4) is 0 Å². The number of rotatable bonds is 5. The fourth-order valence-electron chi connectivity index (χ4n) is 4.20. The molecule has 5 nitrogen and oxygen atoms in total. The van der Waals surface area contributed by atoms with Crippen LogP contribution in [0.4, 0.5) is 0 Å². The number of fused-ring (bicyclic) bond motifs is 1. The Hall–Kier alpha value is -1.73. The molecule has 1 fully saturated rings. The second-order valence-electron chi connectivity index (χ2n) is 7.95. The molecule has 5 rings (SSSR count). The SMILES string of the molecule is Clc1cccc(CN2CCN(Cc3nnc(-c4cc5c(s4)CCCC5)o3)CC2)c1. The molecule has 1 aliphatic heterocycles. The first-order chi connectivity index (χ1) is 14.2. The van der Waals surface area contributed by atoms with Gasteiger partial charge in [-0.15, -0.1) is 21.5 Å². The molecule has 2 aromatic heterocycles. The maximum atomic E-state index is 6.10. The van der Waals surface area contributed by atoms with E-state index >= 15 is 0 Å². The van der Waals surface area contributed by atoms with E-state index in [1.165, 1.54) is 41.7 Å². The van der Waals surface area contributed by atoms with Crippen molar-refractivity contribution in [2.45, 2.75) is 38.8 Å². The van der Waals surface area contributed by atoms with Gasteiger partial charge in [0.05, 0.1) is 11.4 Å². The Morgan fingerprint density at radius 2 is 1.76 bits per heavy atom. The number of benzene rings is 1. The minimum atomic E-state index is 0.680. The van der Waals surface area contributed by atoms with Crippen LogP contribution in [0.25, 0.3) is 10.8 Å². The van der Waals surface area contributed by atoms with Crippen LogP contribution < -0.4 is 0 Å². The molecule has 152 valence electrons. The Morgan fingerprint density at radius 3 is 2.55 bits per heavy atom. The molecule has 1 aromatic carbocycles. The monoisotopic (exact) mass is 428 g/mol. The van der Waals surface area contributed by atoms with Crippen molar-refractivity contribution in [3.05, 3.63) is 57.2 Å². The lowest BCUT2D eigenvalue weighted by Gasteiger charge is -2.33. The zero-order chi connectivity index (χ0) is 19.6. The summed E-state index contributed by atoms with van der Waals surface area (Å²) in [5, 5.41) is 9.43. The van der Waals surface area contributed by atoms with E-state index in [1.807, 2.05) is 23.5 Å². The molecule has 0 atom stereocenters. The molecular formula is C22H25ClN4OS. The lowest BCUT2D eigenvalue weighted by molar-refractivity contribution is 0.114. The molecule has 1 aliphatic carbocycles. The number of nitrogens with zero attached hydrogens (tertiary/aromatic N) is 4. The van der Waals surface area contributed by atoms with Crippen LogP contribution in [-0.4, -0.2) is 46.2 Å². The summed E-state index contributed by atoms with van der Waals surface area (Å²) in [6.45, 7) is 5.75. The number of aromatic nitrogens is 2. The number of halogens is 1. The Labute approximate surface area is 180 Å². The van der Waals surface area contributed by atoms with Crippen LogP contribution in [0.15, 0.2) is 34.7 Å². The number of thiophene rings is 1. The first kappa shape index (κ1) is 19.2. The standard InChI is InChI=1S/C22H25ClN4OS/c23-18-6-3-4-16(12-18)14-26-8-10-27(11-9-26)15-21-24-25-22(28-21)20-13-17-5-1-2-7-19(17)29-20/h3-4,6,12-13H,1-2,5,7-11,14-15H2. The van der Waals surface area contributed by atoms with E-state index in [1.54, 1.807) is 0 Å². The summed E-state index contributed by atoms with van der Waals surface area (Å²) in [5.41, 5.74) is 2.75. The molecule has 0 radical (unpaired) electrons. The van der Waals surface area contributed by atoms with Crippen LogP contribution in [0.2, 0.25) is 5.02 Å². The van der Waals surface area contributed by atoms with Crippen molar-refractivity contribution in [2.24, 2.45) is 0 Å². The third-order valence-electron chi connectivity index (χ3n) is 5.79. The average molecular weight is 429 g/mol. The van der Waals surface area contributed by atoms with Crippen molar-refractivity contribution in [1.29, 1.82) is 0 Å². The second kappa shape index (κ2) is 8.56. The second-order valence-corrected chi connectivity index (χ2v) is 9.52. The van der Waals surface area contributed by atoms with Crippen molar-refractivity contribution < 1.29 is 4.42 Å². The Bertz CT molecular complexity index is 953. The number of piperazine rings is 1. The maximum absolute atomic E-state index is 6.10. The van der Waals surface area contributed by atoms with Crippen molar-refractivity contribution in [3.63, 3.8) is 0 Å². The van der Waals surface area contributed by atoms with E-state index in [2.05, 4.69) is 38.2 Å². The number of hydrogen-bond acceptors (Lipinski definition) is 6. The van der Waals surface area contributed by atoms with Gasteiger partial charge in [-0.3, -0.25) is 9.80 Å². The summed E-state index contributed by atoms with van der Waals surface area (Å²) in [6, 6.07) is 10.4. The van der Waals surface area contributed by atoms with E-state index in [0.717, 1.165) is 55.1 Å². The van der Waals surface area contributed by atoms with Gasteiger partial charge in [-0.2, -0.15) is 0 Å². The van der Waals surface area contributed by atoms with Gasteiger partial charge in [0.25, 0.3) is 5.89 Å². The van der Waals surface area contributed by atoms with Crippen LogP contribution in [-0.2, 0) is 25.9 Å². The smallest absolute Gasteiger partial charge is 0.257 e. The van der Waals surface area contributed by atoms with Gasteiger partial charge in [0.15, 0.2) is 0 Å². The quantitative estimate of drug-likeness (QED) is 0.592. The molecule has 2 aliphatic rings.